The van der Waals surface area contributed by atoms with Crippen molar-refractivity contribution in [2.75, 3.05) is 5.32 Å². The minimum Gasteiger partial charge on any atom is -0.481 e. The number of hydrogen-bond acceptors (Lipinski definition) is 4. The molecule has 0 aliphatic carbocycles. The molecule has 6 nitrogen and oxygen atoms in total. The molecule has 0 amide bonds. The first-order valence-corrected chi connectivity index (χ1v) is 4.62. The maximum atomic E-state index is 10.8. The number of pyridine rings is 1. The van der Waals surface area contributed by atoms with Crippen LogP contribution in [0.2, 0.25) is 0 Å². The third kappa shape index (κ3) is 3.23. The molecule has 0 saturated carbocycles. The molecule has 1 unspecified atom stereocenters. The standard InChI is InChI=1S/C10H12N2O4/c1-6-5-11-3-2-7(6)12-8(10(15)16)4-9(13)14/h2-3,5,8H,4H2,1H3,(H,11,12)(H,13,14)(H,15,16). The number of hydrogen-bond donors (Lipinski definition) is 3. The van der Waals surface area contributed by atoms with E-state index in [0.29, 0.717) is 5.69 Å². The SMILES string of the molecule is Cc1cnccc1NC(CC(=O)O)C(=O)O. The molecule has 0 fully saturated rings. The van der Waals surface area contributed by atoms with Gasteiger partial charge in [-0.3, -0.25) is 9.78 Å². The first-order valence-electron chi connectivity index (χ1n) is 4.62. The van der Waals surface area contributed by atoms with Crippen LogP contribution in [0.5, 0.6) is 0 Å². The predicted molar refractivity (Wildman–Crippen MR) is 56.3 cm³/mol. The molecule has 0 aromatic carbocycles. The zero-order valence-electron chi connectivity index (χ0n) is 8.67. The second kappa shape index (κ2) is 5.11. The Morgan fingerprint density at radius 2 is 2.19 bits per heavy atom. The van der Waals surface area contributed by atoms with Gasteiger partial charge in [-0.25, -0.2) is 4.79 Å². The van der Waals surface area contributed by atoms with Crippen LogP contribution < -0.4 is 5.32 Å². The Bertz CT molecular complexity index is 406. The van der Waals surface area contributed by atoms with Gasteiger partial charge >= 0.3 is 11.9 Å². The van der Waals surface area contributed by atoms with Crippen LogP contribution in [-0.4, -0.2) is 33.2 Å². The molecule has 6 heteroatoms. The van der Waals surface area contributed by atoms with Gasteiger partial charge in [0.2, 0.25) is 0 Å². The van der Waals surface area contributed by atoms with E-state index in [0.717, 1.165) is 5.56 Å². The fraction of sp³-hybridized carbons (Fsp3) is 0.300. The summed E-state index contributed by atoms with van der Waals surface area (Å²) in [5.74, 6) is -2.36. The second-order valence-electron chi connectivity index (χ2n) is 3.32. The minimum atomic E-state index is -1.20. The molecule has 1 heterocycles. The van der Waals surface area contributed by atoms with Crippen molar-refractivity contribution < 1.29 is 19.8 Å². The molecule has 86 valence electrons. The minimum absolute atomic E-state index is 0.475. The molecule has 0 bridgehead atoms. The van der Waals surface area contributed by atoms with Gasteiger partial charge in [0.05, 0.1) is 6.42 Å². The van der Waals surface area contributed by atoms with Gasteiger partial charge < -0.3 is 15.5 Å². The van der Waals surface area contributed by atoms with E-state index in [9.17, 15) is 9.59 Å². The number of carboxylic acids is 2. The van der Waals surface area contributed by atoms with Gasteiger partial charge in [-0.15, -0.1) is 0 Å². The Balaban J connectivity index is 2.80. The van der Waals surface area contributed by atoms with Gasteiger partial charge in [-0.05, 0) is 18.6 Å². The summed E-state index contributed by atoms with van der Waals surface area (Å²) in [6, 6.07) is 0.464. The number of nitrogens with zero attached hydrogens (tertiary/aromatic N) is 1. The fourth-order valence-corrected chi connectivity index (χ4v) is 1.20. The number of aromatic nitrogens is 1. The lowest BCUT2D eigenvalue weighted by molar-refractivity contribution is -0.144. The van der Waals surface area contributed by atoms with Gasteiger partial charge in [-0.2, -0.15) is 0 Å². The maximum Gasteiger partial charge on any atom is 0.326 e. The van der Waals surface area contributed by atoms with E-state index in [-0.39, 0.29) is 0 Å². The fourth-order valence-electron chi connectivity index (χ4n) is 1.20. The first kappa shape index (κ1) is 12.0. The zero-order valence-corrected chi connectivity index (χ0v) is 8.67. The van der Waals surface area contributed by atoms with Crippen LogP contribution in [-0.2, 0) is 9.59 Å². The van der Waals surface area contributed by atoms with Gasteiger partial charge in [0.25, 0.3) is 0 Å². The highest BCUT2D eigenvalue weighted by molar-refractivity contribution is 5.83. The molecule has 16 heavy (non-hydrogen) atoms. The van der Waals surface area contributed by atoms with E-state index >= 15 is 0 Å². The number of carbonyl (C=O) groups is 2. The van der Waals surface area contributed by atoms with E-state index < -0.39 is 24.4 Å². The number of aliphatic carboxylic acids is 2. The van der Waals surface area contributed by atoms with Crippen molar-refractivity contribution in [2.24, 2.45) is 0 Å². The largest absolute Gasteiger partial charge is 0.481 e. The number of aryl methyl sites for hydroxylation is 1. The summed E-state index contributed by atoms with van der Waals surface area (Å²) in [7, 11) is 0. The van der Waals surface area contributed by atoms with E-state index in [1.54, 1.807) is 19.2 Å². The maximum absolute atomic E-state index is 10.8. The predicted octanol–water partition coefficient (Wildman–Crippen LogP) is 0.730. The van der Waals surface area contributed by atoms with Crippen molar-refractivity contribution in [3.05, 3.63) is 24.0 Å². The summed E-state index contributed by atoms with van der Waals surface area (Å²) < 4.78 is 0. The third-order valence-corrected chi connectivity index (χ3v) is 2.03. The summed E-state index contributed by atoms with van der Waals surface area (Å²) in [4.78, 5) is 25.1. The van der Waals surface area contributed by atoms with Crippen LogP contribution in [0.25, 0.3) is 0 Å². The van der Waals surface area contributed by atoms with Gasteiger partial charge in [0.1, 0.15) is 6.04 Å². The zero-order chi connectivity index (χ0) is 12.1. The van der Waals surface area contributed by atoms with Crippen LogP contribution >= 0.6 is 0 Å². The van der Waals surface area contributed by atoms with Crippen molar-refractivity contribution in [3.63, 3.8) is 0 Å². The highest BCUT2D eigenvalue weighted by Crippen LogP contribution is 2.14. The number of anilines is 1. The summed E-state index contributed by atoms with van der Waals surface area (Å²) in [6.45, 7) is 1.76. The topological polar surface area (TPSA) is 99.5 Å². The van der Waals surface area contributed by atoms with E-state index in [4.69, 9.17) is 10.2 Å². The van der Waals surface area contributed by atoms with Crippen molar-refractivity contribution in [2.45, 2.75) is 19.4 Å². The van der Waals surface area contributed by atoms with Crippen molar-refractivity contribution in [3.8, 4) is 0 Å². The monoisotopic (exact) mass is 224 g/mol. The third-order valence-electron chi connectivity index (χ3n) is 2.03. The Kier molecular flexibility index (Phi) is 3.82. The first-order chi connectivity index (χ1) is 7.50. The Morgan fingerprint density at radius 1 is 1.50 bits per heavy atom. The van der Waals surface area contributed by atoms with Crippen molar-refractivity contribution in [1.82, 2.24) is 4.98 Å². The second-order valence-corrected chi connectivity index (χ2v) is 3.32. The molecule has 0 aliphatic heterocycles. The molecule has 1 aromatic rings. The Labute approximate surface area is 91.9 Å². The molecule has 0 saturated heterocycles. The van der Waals surface area contributed by atoms with Crippen LogP contribution in [0.1, 0.15) is 12.0 Å². The van der Waals surface area contributed by atoms with Crippen LogP contribution in [0.15, 0.2) is 18.5 Å². The molecule has 1 atom stereocenters. The number of nitrogens with one attached hydrogen (secondary N) is 1. The summed E-state index contributed by atoms with van der Waals surface area (Å²) in [5, 5.41) is 20.1. The quantitative estimate of drug-likeness (QED) is 0.681. The van der Waals surface area contributed by atoms with Crippen LogP contribution in [0.4, 0.5) is 5.69 Å². The van der Waals surface area contributed by atoms with E-state index in [1.807, 2.05) is 0 Å². The highest BCUT2D eigenvalue weighted by Gasteiger charge is 2.21. The van der Waals surface area contributed by atoms with Gasteiger partial charge in [-0.1, -0.05) is 0 Å². The lowest BCUT2D eigenvalue weighted by atomic mass is 10.1. The normalized spacial score (nSPS) is 11.8. The molecule has 0 aliphatic rings. The van der Waals surface area contributed by atoms with Gasteiger partial charge in [0, 0.05) is 18.1 Å². The molecular formula is C10H12N2O4. The van der Waals surface area contributed by atoms with E-state index in [1.165, 1.54) is 6.20 Å². The van der Waals surface area contributed by atoms with Crippen LogP contribution in [0, 0.1) is 6.92 Å². The smallest absolute Gasteiger partial charge is 0.326 e. The van der Waals surface area contributed by atoms with Crippen molar-refractivity contribution in [1.29, 1.82) is 0 Å². The number of carboxylic acid groups (broad SMARTS) is 2. The lowest BCUT2D eigenvalue weighted by Crippen LogP contribution is -2.32. The van der Waals surface area contributed by atoms with Crippen molar-refractivity contribution >= 4 is 17.6 Å². The summed E-state index contributed by atoms with van der Waals surface area (Å²) >= 11 is 0. The van der Waals surface area contributed by atoms with Crippen LogP contribution in [0.3, 0.4) is 0 Å². The molecule has 0 spiro atoms. The number of rotatable bonds is 5. The Morgan fingerprint density at radius 3 is 2.69 bits per heavy atom. The molecule has 3 N–H and O–H groups in total. The van der Waals surface area contributed by atoms with E-state index in [2.05, 4.69) is 10.3 Å². The Hall–Kier alpha value is -2.11. The average Bonchev–Trinajstić information content (AvgIpc) is 2.19. The lowest BCUT2D eigenvalue weighted by Gasteiger charge is -2.15. The molecule has 0 radical (unpaired) electrons. The average molecular weight is 224 g/mol. The molecule has 1 rings (SSSR count). The summed E-state index contributed by atoms with van der Waals surface area (Å²) in [5.41, 5.74) is 1.34. The van der Waals surface area contributed by atoms with Gasteiger partial charge in [0.15, 0.2) is 0 Å². The summed E-state index contributed by atoms with van der Waals surface area (Å²) in [6.07, 6.45) is 2.61. The molecule has 1 aromatic heterocycles. The molecular weight excluding hydrogens is 212 g/mol. The highest BCUT2D eigenvalue weighted by atomic mass is 16.4.